The maximum Gasteiger partial charge on any atom is 0.159 e. The van der Waals surface area contributed by atoms with Gasteiger partial charge in [0.15, 0.2) is 11.6 Å². The minimum atomic E-state index is -0.936. The minimum Gasteiger partial charge on any atom is -0.204 e. The van der Waals surface area contributed by atoms with E-state index in [1.807, 2.05) is 0 Å². The molecule has 0 saturated heterocycles. The second kappa shape index (κ2) is 3.37. The van der Waals surface area contributed by atoms with E-state index < -0.39 is 16.5 Å². The van der Waals surface area contributed by atoms with Crippen LogP contribution in [0.25, 0.3) is 0 Å². The summed E-state index contributed by atoms with van der Waals surface area (Å²) >= 11 is 10.8. The predicted molar refractivity (Wildman–Crippen MR) is 40.8 cm³/mol. The normalized spacial score (nSPS) is 10.6. The van der Waals surface area contributed by atoms with Crippen LogP contribution < -0.4 is 0 Å². The lowest BCUT2D eigenvalue weighted by Crippen LogP contribution is -1.87. The fourth-order valence-corrected chi connectivity index (χ4v) is 0.920. The number of benzene rings is 1. The van der Waals surface area contributed by atoms with Crippen molar-refractivity contribution in [2.24, 2.45) is 0 Å². The number of halogens is 4. The van der Waals surface area contributed by atoms with Gasteiger partial charge in [-0.25, -0.2) is 8.78 Å². The summed E-state index contributed by atoms with van der Waals surface area (Å²) in [5, 5.41) is 0. The van der Waals surface area contributed by atoms with Gasteiger partial charge in [-0.15, -0.1) is 23.2 Å². The molecule has 1 aromatic carbocycles. The lowest BCUT2D eigenvalue weighted by molar-refractivity contribution is 0.507. The van der Waals surface area contributed by atoms with Crippen molar-refractivity contribution in [3.63, 3.8) is 0 Å². The zero-order chi connectivity index (χ0) is 8.43. The molecule has 0 aliphatic rings. The van der Waals surface area contributed by atoms with Gasteiger partial charge >= 0.3 is 0 Å². The average molecular weight is 197 g/mol. The Kier molecular flexibility index (Phi) is 2.68. The first kappa shape index (κ1) is 8.75. The van der Waals surface area contributed by atoms with Crippen molar-refractivity contribution in [1.29, 1.82) is 0 Å². The van der Waals surface area contributed by atoms with Crippen LogP contribution in [0.5, 0.6) is 0 Å². The molecule has 0 unspecified atom stereocenters. The van der Waals surface area contributed by atoms with Crippen molar-refractivity contribution < 1.29 is 8.78 Å². The molecule has 0 N–H and O–H groups in total. The molecular formula is C7H4Cl2F2. The zero-order valence-corrected chi connectivity index (χ0v) is 6.83. The molecule has 0 saturated carbocycles. The largest absolute Gasteiger partial charge is 0.204 e. The molecule has 0 heterocycles. The molecule has 60 valence electrons. The van der Waals surface area contributed by atoms with E-state index in [-0.39, 0.29) is 0 Å². The van der Waals surface area contributed by atoms with Crippen molar-refractivity contribution >= 4 is 23.2 Å². The van der Waals surface area contributed by atoms with E-state index in [1.165, 1.54) is 6.07 Å². The van der Waals surface area contributed by atoms with Gasteiger partial charge < -0.3 is 0 Å². The average Bonchev–Trinajstić information content (AvgIpc) is 1.94. The Bertz CT molecular complexity index is 261. The molecule has 0 amide bonds. The molecule has 0 aliphatic carbocycles. The van der Waals surface area contributed by atoms with Gasteiger partial charge in [0.05, 0.1) is 0 Å². The highest BCUT2D eigenvalue weighted by atomic mass is 35.5. The van der Waals surface area contributed by atoms with Gasteiger partial charge in [0.1, 0.15) is 4.84 Å². The van der Waals surface area contributed by atoms with Gasteiger partial charge in [0.25, 0.3) is 0 Å². The highest BCUT2D eigenvalue weighted by Gasteiger charge is 2.07. The highest BCUT2D eigenvalue weighted by molar-refractivity contribution is 6.44. The number of alkyl halides is 2. The smallest absolute Gasteiger partial charge is 0.159 e. The van der Waals surface area contributed by atoms with E-state index in [1.54, 1.807) is 0 Å². The van der Waals surface area contributed by atoms with E-state index in [4.69, 9.17) is 23.2 Å². The van der Waals surface area contributed by atoms with Gasteiger partial charge in [-0.3, -0.25) is 0 Å². The fourth-order valence-electron chi connectivity index (χ4n) is 0.648. The number of hydrogen-bond acceptors (Lipinski definition) is 0. The molecule has 0 atom stereocenters. The van der Waals surface area contributed by atoms with Crippen LogP contribution in [-0.4, -0.2) is 0 Å². The highest BCUT2D eigenvalue weighted by Crippen LogP contribution is 2.25. The third kappa shape index (κ3) is 2.04. The Morgan fingerprint density at radius 3 is 2.18 bits per heavy atom. The molecule has 0 fully saturated rings. The molecular weight excluding hydrogens is 193 g/mol. The van der Waals surface area contributed by atoms with Crippen LogP contribution in [-0.2, 0) is 0 Å². The van der Waals surface area contributed by atoms with Crippen molar-refractivity contribution in [2.45, 2.75) is 4.84 Å². The molecule has 1 aromatic rings. The van der Waals surface area contributed by atoms with Crippen LogP contribution in [0.1, 0.15) is 10.4 Å². The lowest BCUT2D eigenvalue weighted by atomic mass is 10.2. The topological polar surface area (TPSA) is 0 Å². The van der Waals surface area contributed by atoms with Gasteiger partial charge in [-0.1, -0.05) is 6.07 Å². The van der Waals surface area contributed by atoms with Crippen LogP contribution in [0.15, 0.2) is 18.2 Å². The first-order valence-corrected chi connectivity index (χ1v) is 3.71. The van der Waals surface area contributed by atoms with E-state index in [9.17, 15) is 8.78 Å². The van der Waals surface area contributed by atoms with Gasteiger partial charge in [0.2, 0.25) is 0 Å². The summed E-state index contributed by atoms with van der Waals surface area (Å²) in [7, 11) is 0. The van der Waals surface area contributed by atoms with E-state index in [0.29, 0.717) is 5.56 Å². The summed E-state index contributed by atoms with van der Waals surface area (Å²) in [6.07, 6.45) is 0. The predicted octanol–water partition coefficient (Wildman–Crippen LogP) is 3.44. The standard InChI is InChI=1S/C7H4Cl2F2/c8-7(9)4-1-2-5(10)6(11)3-4/h1-3,7H. The molecule has 11 heavy (non-hydrogen) atoms. The zero-order valence-electron chi connectivity index (χ0n) is 5.32. The maximum atomic E-state index is 12.4. The first-order valence-electron chi connectivity index (χ1n) is 2.84. The minimum absolute atomic E-state index is 0.354. The molecule has 0 aliphatic heterocycles. The molecule has 0 nitrogen and oxygen atoms in total. The fraction of sp³-hybridized carbons (Fsp3) is 0.143. The number of rotatable bonds is 1. The summed E-state index contributed by atoms with van der Waals surface area (Å²) in [6, 6.07) is 3.30. The SMILES string of the molecule is Fc1ccc(C(Cl)Cl)cc1F. The molecule has 0 radical (unpaired) electrons. The van der Waals surface area contributed by atoms with Crippen molar-refractivity contribution in [3.05, 3.63) is 35.4 Å². The van der Waals surface area contributed by atoms with Gasteiger partial charge in [-0.2, -0.15) is 0 Å². The second-order valence-electron chi connectivity index (χ2n) is 1.97. The van der Waals surface area contributed by atoms with Crippen molar-refractivity contribution in [3.8, 4) is 0 Å². The van der Waals surface area contributed by atoms with E-state index in [0.717, 1.165) is 12.1 Å². The van der Waals surface area contributed by atoms with Gasteiger partial charge in [0, 0.05) is 0 Å². The monoisotopic (exact) mass is 196 g/mol. The quantitative estimate of drug-likeness (QED) is 0.605. The van der Waals surface area contributed by atoms with Crippen molar-refractivity contribution in [1.82, 2.24) is 0 Å². The summed E-state index contributed by atoms with van der Waals surface area (Å²) in [4.78, 5) is -0.815. The van der Waals surface area contributed by atoms with Crippen LogP contribution in [0.2, 0.25) is 0 Å². The van der Waals surface area contributed by atoms with E-state index in [2.05, 4.69) is 0 Å². The summed E-state index contributed by atoms with van der Waals surface area (Å²) in [6.45, 7) is 0. The Labute approximate surface area is 72.7 Å². The molecule has 4 heteroatoms. The Morgan fingerprint density at radius 2 is 1.73 bits per heavy atom. The number of hydrogen-bond donors (Lipinski definition) is 0. The molecule has 0 bridgehead atoms. The molecule has 1 rings (SSSR count). The summed E-state index contributed by atoms with van der Waals surface area (Å²) in [5.74, 6) is -1.84. The van der Waals surface area contributed by atoms with Crippen LogP contribution >= 0.6 is 23.2 Å². The Morgan fingerprint density at radius 1 is 1.09 bits per heavy atom. The molecule has 0 spiro atoms. The van der Waals surface area contributed by atoms with Crippen molar-refractivity contribution in [2.75, 3.05) is 0 Å². The third-order valence-electron chi connectivity index (χ3n) is 1.20. The van der Waals surface area contributed by atoms with Gasteiger partial charge in [-0.05, 0) is 17.7 Å². The van der Waals surface area contributed by atoms with Crippen LogP contribution in [0.4, 0.5) is 8.78 Å². The summed E-state index contributed by atoms with van der Waals surface area (Å²) in [5.41, 5.74) is 0.354. The Hall–Kier alpha value is -0.340. The summed E-state index contributed by atoms with van der Waals surface area (Å²) < 4.78 is 24.7. The van der Waals surface area contributed by atoms with E-state index >= 15 is 0 Å². The van der Waals surface area contributed by atoms with Crippen LogP contribution in [0.3, 0.4) is 0 Å². The van der Waals surface area contributed by atoms with Crippen LogP contribution in [0, 0.1) is 11.6 Å². The second-order valence-corrected chi connectivity index (χ2v) is 3.07. The molecule has 0 aromatic heterocycles. The Balaban J connectivity index is 3.05. The maximum absolute atomic E-state index is 12.4. The lowest BCUT2D eigenvalue weighted by Gasteiger charge is -2.00. The third-order valence-corrected chi connectivity index (χ3v) is 1.70. The first-order chi connectivity index (χ1) is 5.11.